The molecule has 94 valence electrons. The number of amides is 2. The van der Waals surface area contributed by atoms with Crippen molar-refractivity contribution in [3.05, 3.63) is 0 Å². The van der Waals surface area contributed by atoms with E-state index < -0.39 is 24.0 Å². The van der Waals surface area contributed by atoms with E-state index in [2.05, 4.69) is 5.32 Å². The maximum atomic E-state index is 11.3. The van der Waals surface area contributed by atoms with E-state index in [1.807, 2.05) is 0 Å². The minimum Gasteiger partial charge on any atom is -0.385 e. The van der Waals surface area contributed by atoms with E-state index in [1.165, 1.54) is 0 Å². The van der Waals surface area contributed by atoms with Gasteiger partial charge in [0, 0.05) is 13.7 Å². The highest BCUT2D eigenvalue weighted by atomic mass is 16.5. The lowest BCUT2D eigenvalue weighted by Crippen LogP contribution is -2.46. The zero-order valence-electron chi connectivity index (χ0n) is 9.31. The molecule has 7 heteroatoms. The van der Waals surface area contributed by atoms with Crippen LogP contribution in [0.3, 0.4) is 0 Å². The van der Waals surface area contributed by atoms with Gasteiger partial charge in [-0.15, -0.1) is 0 Å². The Morgan fingerprint density at radius 1 is 1.50 bits per heavy atom. The van der Waals surface area contributed by atoms with E-state index in [0.717, 1.165) is 0 Å². The Morgan fingerprint density at radius 2 is 2.12 bits per heavy atom. The van der Waals surface area contributed by atoms with Crippen LogP contribution in [0.5, 0.6) is 0 Å². The normalized spacial score (nSPS) is 14.2. The van der Waals surface area contributed by atoms with E-state index in [9.17, 15) is 9.59 Å². The third kappa shape index (κ3) is 6.33. The van der Waals surface area contributed by atoms with Gasteiger partial charge < -0.3 is 26.6 Å². The van der Waals surface area contributed by atoms with Crippen molar-refractivity contribution in [2.45, 2.75) is 25.0 Å². The molecule has 0 radical (unpaired) electrons. The van der Waals surface area contributed by atoms with Crippen molar-refractivity contribution >= 4 is 11.8 Å². The first-order valence-corrected chi connectivity index (χ1v) is 4.98. The molecule has 0 saturated heterocycles. The van der Waals surface area contributed by atoms with E-state index in [4.69, 9.17) is 21.3 Å². The van der Waals surface area contributed by atoms with Crippen molar-refractivity contribution in [2.24, 2.45) is 11.5 Å². The average molecular weight is 233 g/mol. The van der Waals surface area contributed by atoms with Crippen molar-refractivity contribution in [3.63, 3.8) is 0 Å². The number of carbonyl (C=O) groups excluding carboxylic acids is 2. The molecule has 0 spiro atoms. The van der Waals surface area contributed by atoms with Crippen LogP contribution in [-0.4, -0.2) is 49.3 Å². The van der Waals surface area contributed by atoms with Crippen molar-refractivity contribution in [1.82, 2.24) is 5.32 Å². The Morgan fingerprint density at radius 3 is 2.62 bits per heavy atom. The number of nitrogens with one attached hydrogen (secondary N) is 1. The van der Waals surface area contributed by atoms with E-state index in [0.29, 0.717) is 19.4 Å². The van der Waals surface area contributed by atoms with Gasteiger partial charge in [-0.1, -0.05) is 0 Å². The van der Waals surface area contributed by atoms with Crippen LogP contribution in [0.4, 0.5) is 0 Å². The maximum Gasteiger partial charge on any atom is 0.248 e. The summed E-state index contributed by atoms with van der Waals surface area (Å²) in [5, 5.41) is 11.4. The maximum absolute atomic E-state index is 11.3. The van der Waals surface area contributed by atoms with Crippen molar-refractivity contribution in [3.8, 4) is 0 Å². The molecule has 0 aromatic heterocycles. The molecule has 0 heterocycles. The molecule has 0 aromatic rings. The molecule has 2 unspecified atom stereocenters. The van der Waals surface area contributed by atoms with E-state index in [-0.39, 0.29) is 6.54 Å². The number of carbonyl (C=O) groups is 2. The SMILES string of the molecule is COCCCC(N)C(=O)NCC(O)C(N)=O. The third-order valence-electron chi connectivity index (χ3n) is 2.00. The van der Waals surface area contributed by atoms with Gasteiger partial charge in [0.25, 0.3) is 0 Å². The minimum absolute atomic E-state index is 0.216. The van der Waals surface area contributed by atoms with Gasteiger partial charge in [0.1, 0.15) is 6.10 Å². The number of hydrogen-bond donors (Lipinski definition) is 4. The fourth-order valence-corrected chi connectivity index (χ4v) is 1.01. The highest BCUT2D eigenvalue weighted by Gasteiger charge is 2.16. The molecule has 2 atom stereocenters. The van der Waals surface area contributed by atoms with Crippen LogP contribution < -0.4 is 16.8 Å². The van der Waals surface area contributed by atoms with Gasteiger partial charge in [0.2, 0.25) is 11.8 Å². The summed E-state index contributed by atoms with van der Waals surface area (Å²) >= 11 is 0. The molecular weight excluding hydrogens is 214 g/mol. The Bertz CT molecular complexity index is 235. The highest BCUT2D eigenvalue weighted by molar-refractivity contribution is 5.83. The summed E-state index contributed by atoms with van der Waals surface area (Å²) in [7, 11) is 1.56. The van der Waals surface area contributed by atoms with Crippen molar-refractivity contribution in [2.75, 3.05) is 20.3 Å². The zero-order valence-corrected chi connectivity index (χ0v) is 9.31. The topological polar surface area (TPSA) is 128 Å². The first-order valence-electron chi connectivity index (χ1n) is 4.98. The van der Waals surface area contributed by atoms with Crippen LogP contribution in [0.2, 0.25) is 0 Å². The van der Waals surface area contributed by atoms with Crippen molar-refractivity contribution < 1.29 is 19.4 Å². The molecular formula is C9H19N3O4. The van der Waals surface area contributed by atoms with E-state index >= 15 is 0 Å². The summed E-state index contributed by atoms with van der Waals surface area (Å²) in [6.07, 6.45) is -0.231. The summed E-state index contributed by atoms with van der Waals surface area (Å²) < 4.78 is 4.81. The standard InChI is InChI=1S/C9H19N3O4/c1-16-4-2-3-6(10)9(15)12-5-7(13)8(11)14/h6-7,13H,2-5,10H2,1H3,(H2,11,14)(H,12,15). The smallest absolute Gasteiger partial charge is 0.248 e. The Kier molecular flexibility index (Phi) is 7.44. The molecule has 16 heavy (non-hydrogen) atoms. The van der Waals surface area contributed by atoms with Crippen LogP contribution in [0.1, 0.15) is 12.8 Å². The number of aliphatic hydroxyl groups is 1. The molecule has 7 nitrogen and oxygen atoms in total. The highest BCUT2D eigenvalue weighted by Crippen LogP contribution is 1.95. The fourth-order valence-electron chi connectivity index (χ4n) is 1.01. The number of rotatable bonds is 8. The first kappa shape index (κ1) is 14.8. The molecule has 0 aliphatic rings. The first-order chi connectivity index (χ1) is 7.49. The van der Waals surface area contributed by atoms with Crippen LogP contribution in [0, 0.1) is 0 Å². The molecule has 6 N–H and O–H groups in total. The second-order valence-electron chi connectivity index (χ2n) is 3.40. The summed E-state index contributed by atoms with van der Waals surface area (Å²) in [4.78, 5) is 21.8. The summed E-state index contributed by atoms with van der Waals surface area (Å²) in [5.74, 6) is -1.30. The second-order valence-corrected chi connectivity index (χ2v) is 3.40. The molecule has 0 bridgehead atoms. The molecule has 0 rings (SSSR count). The van der Waals surface area contributed by atoms with Crippen molar-refractivity contribution in [1.29, 1.82) is 0 Å². The average Bonchev–Trinajstić information content (AvgIpc) is 2.25. The van der Waals surface area contributed by atoms with Gasteiger partial charge in [-0.25, -0.2) is 0 Å². The lowest BCUT2D eigenvalue weighted by atomic mass is 10.1. The van der Waals surface area contributed by atoms with Crippen LogP contribution in [0.15, 0.2) is 0 Å². The van der Waals surface area contributed by atoms with Crippen LogP contribution >= 0.6 is 0 Å². The predicted octanol–water partition coefficient (Wildman–Crippen LogP) is -2.30. The Balaban J connectivity index is 3.74. The number of aliphatic hydroxyl groups excluding tert-OH is 1. The number of nitrogens with two attached hydrogens (primary N) is 2. The van der Waals surface area contributed by atoms with Crippen LogP contribution in [-0.2, 0) is 14.3 Å². The summed E-state index contributed by atoms with van der Waals surface area (Å²) in [6, 6.07) is -0.671. The lowest BCUT2D eigenvalue weighted by Gasteiger charge is -2.13. The van der Waals surface area contributed by atoms with Gasteiger partial charge in [0.15, 0.2) is 0 Å². The van der Waals surface area contributed by atoms with Gasteiger partial charge in [-0.2, -0.15) is 0 Å². The zero-order chi connectivity index (χ0) is 12.6. The fraction of sp³-hybridized carbons (Fsp3) is 0.778. The number of methoxy groups -OCH3 is 1. The predicted molar refractivity (Wildman–Crippen MR) is 57.3 cm³/mol. The quantitative estimate of drug-likeness (QED) is 0.351. The van der Waals surface area contributed by atoms with Gasteiger partial charge in [0.05, 0.1) is 12.6 Å². The molecule has 0 saturated carbocycles. The van der Waals surface area contributed by atoms with Gasteiger partial charge in [-0.3, -0.25) is 9.59 Å². The largest absolute Gasteiger partial charge is 0.385 e. The number of hydrogen-bond acceptors (Lipinski definition) is 5. The number of ether oxygens (including phenoxy) is 1. The third-order valence-corrected chi connectivity index (χ3v) is 2.00. The molecule has 0 aliphatic heterocycles. The molecule has 0 aliphatic carbocycles. The summed E-state index contributed by atoms with van der Waals surface area (Å²) in [6.45, 7) is 0.317. The minimum atomic E-state index is -1.38. The lowest BCUT2D eigenvalue weighted by molar-refractivity contribution is -0.127. The monoisotopic (exact) mass is 233 g/mol. The second kappa shape index (κ2) is 8.03. The van der Waals surface area contributed by atoms with E-state index in [1.54, 1.807) is 7.11 Å². The molecule has 0 aromatic carbocycles. The molecule has 0 fully saturated rings. The number of primary amides is 1. The summed E-state index contributed by atoms with van der Waals surface area (Å²) in [5.41, 5.74) is 10.4. The van der Waals surface area contributed by atoms with Crippen LogP contribution in [0.25, 0.3) is 0 Å². The van der Waals surface area contributed by atoms with Gasteiger partial charge in [-0.05, 0) is 12.8 Å². The molecule has 2 amide bonds. The van der Waals surface area contributed by atoms with Gasteiger partial charge >= 0.3 is 0 Å². The Labute approximate surface area is 94.1 Å². The Hall–Kier alpha value is -1.18.